The van der Waals surface area contributed by atoms with E-state index in [1.165, 1.54) is 4.90 Å². The molecule has 0 aliphatic heterocycles. The molecule has 0 rings (SSSR count). The average Bonchev–Trinajstić information content (AvgIpc) is 2.45. The molecule has 0 aliphatic carbocycles. The molecular weight excluding hydrogens is 316 g/mol. The van der Waals surface area contributed by atoms with Crippen LogP contribution in [0.25, 0.3) is 10.4 Å². The summed E-state index contributed by atoms with van der Waals surface area (Å²) >= 11 is 0. The molecule has 0 heterocycles. The fraction of sp³-hybridized carbons (Fsp3) is 0.867. The van der Waals surface area contributed by atoms with Gasteiger partial charge in [0.05, 0.1) is 0 Å². The highest BCUT2D eigenvalue weighted by Crippen LogP contribution is 2.10. The zero-order valence-electron chi connectivity index (χ0n) is 14.7. The van der Waals surface area contributed by atoms with E-state index in [-0.39, 0.29) is 6.54 Å². The van der Waals surface area contributed by atoms with E-state index >= 15 is 0 Å². The number of unbranched alkanes of at least 4 members (excludes halogenated alkanes) is 2. The Kier molecular flexibility index (Phi) is 11.4. The molecule has 0 saturated carbocycles. The van der Waals surface area contributed by atoms with Crippen molar-refractivity contribution in [1.29, 1.82) is 0 Å². The Hall–Kier alpha value is -1.99. The van der Waals surface area contributed by atoms with E-state index < -0.39 is 17.7 Å². The van der Waals surface area contributed by atoms with Crippen LogP contribution in [-0.2, 0) is 14.3 Å². The van der Waals surface area contributed by atoms with E-state index in [0.717, 1.165) is 19.3 Å². The van der Waals surface area contributed by atoms with E-state index in [4.69, 9.17) is 20.1 Å². The number of ether oxygens (including phenoxy) is 2. The molecule has 0 aromatic rings. The van der Waals surface area contributed by atoms with Crippen LogP contribution >= 0.6 is 0 Å². The summed E-state index contributed by atoms with van der Waals surface area (Å²) in [5, 5.41) is 12.3. The largest absolute Gasteiger partial charge is 0.480 e. The second-order valence-electron chi connectivity index (χ2n) is 6.28. The van der Waals surface area contributed by atoms with Gasteiger partial charge in [0.1, 0.15) is 12.1 Å². The van der Waals surface area contributed by atoms with Crippen LogP contribution in [-0.4, -0.2) is 60.5 Å². The van der Waals surface area contributed by atoms with Crippen molar-refractivity contribution in [3.8, 4) is 0 Å². The Morgan fingerprint density at radius 3 is 2.33 bits per heavy atom. The molecule has 1 N–H and O–H groups in total. The average molecular weight is 344 g/mol. The van der Waals surface area contributed by atoms with Crippen molar-refractivity contribution < 1.29 is 24.2 Å². The monoisotopic (exact) mass is 344 g/mol. The molecule has 0 bridgehead atoms. The minimum absolute atomic E-state index is 0.307. The van der Waals surface area contributed by atoms with Gasteiger partial charge in [0.25, 0.3) is 0 Å². The molecule has 0 aromatic heterocycles. The number of rotatable bonds is 12. The molecule has 0 spiro atoms. The lowest BCUT2D eigenvalue weighted by molar-refractivity contribution is -0.138. The summed E-state index contributed by atoms with van der Waals surface area (Å²) < 4.78 is 10.6. The Balaban J connectivity index is 3.92. The molecule has 0 radical (unpaired) electrons. The molecule has 0 saturated heterocycles. The molecular formula is C15H28N4O5. The third-order valence-electron chi connectivity index (χ3n) is 2.80. The van der Waals surface area contributed by atoms with Gasteiger partial charge < -0.3 is 14.6 Å². The molecule has 9 nitrogen and oxygen atoms in total. The molecule has 138 valence electrons. The summed E-state index contributed by atoms with van der Waals surface area (Å²) in [6.45, 7) is 6.73. The number of aliphatic carboxylic acids is 1. The number of carbonyl (C=O) groups excluding carboxylic acids is 1. The van der Waals surface area contributed by atoms with Crippen LogP contribution in [0, 0.1) is 0 Å². The maximum absolute atomic E-state index is 12.0. The van der Waals surface area contributed by atoms with Crippen LogP contribution in [0.4, 0.5) is 4.79 Å². The fourth-order valence-electron chi connectivity index (χ4n) is 1.76. The van der Waals surface area contributed by atoms with E-state index in [1.807, 2.05) is 0 Å². The summed E-state index contributed by atoms with van der Waals surface area (Å²) in [4.78, 5) is 26.7. The number of hydrogen-bond donors (Lipinski definition) is 1. The van der Waals surface area contributed by atoms with Crippen LogP contribution in [0.5, 0.6) is 0 Å². The summed E-state index contributed by atoms with van der Waals surface area (Å²) in [5.74, 6) is -1.07. The molecule has 9 heteroatoms. The number of hydrogen-bond acceptors (Lipinski definition) is 5. The van der Waals surface area contributed by atoms with Crippen molar-refractivity contribution in [3.63, 3.8) is 0 Å². The van der Waals surface area contributed by atoms with E-state index in [9.17, 15) is 9.59 Å². The van der Waals surface area contributed by atoms with Crippen molar-refractivity contribution in [2.24, 2.45) is 5.11 Å². The van der Waals surface area contributed by atoms with Crippen molar-refractivity contribution in [2.45, 2.75) is 52.1 Å². The molecule has 0 unspecified atom stereocenters. The summed E-state index contributed by atoms with van der Waals surface area (Å²) in [5.41, 5.74) is 7.46. The lowest BCUT2D eigenvalue weighted by Crippen LogP contribution is -2.40. The van der Waals surface area contributed by atoms with Gasteiger partial charge in [-0.25, -0.2) is 4.79 Å². The molecule has 1 amide bonds. The highest BCUT2D eigenvalue weighted by atomic mass is 16.6. The highest BCUT2D eigenvalue weighted by Gasteiger charge is 2.23. The first-order valence-corrected chi connectivity index (χ1v) is 8.04. The minimum atomic E-state index is -1.07. The second kappa shape index (κ2) is 12.4. The number of carboxylic acid groups (broad SMARTS) is 1. The molecule has 0 aliphatic rings. The number of carbonyl (C=O) groups is 2. The van der Waals surface area contributed by atoms with Gasteiger partial charge in [-0.1, -0.05) is 5.11 Å². The predicted octanol–water partition coefficient (Wildman–Crippen LogP) is 3.20. The summed E-state index contributed by atoms with van der Waals surface area (Å²) in [7, 11) is 0. The van der Waals surface area contributed by atoms with Gasteiger partial charge in [0.2, 0.25) is 0 Å². The Morgan fingerprint density at radius 2 is 1.79 bits per heavy atom. The molecule has 0 atom stereocenters. The van der Waals surface area contributed by atoms with Crippen molar-refractivity contribution in [2.75, 3.05) is 32.8 Å². The summed E-state index contributed by atoms with van der Waals surface area (Å²) in [6, 6.07) is 0. The summed E-state index contributed by atoms with van der Waals surface area (Å²) in [6.07, 6.45) is 2.33. The Labute approximate surface area is 142 Å². The van der Waals surface area contributed by atoms with Gasteiger partial charge in [-0.05, 0) is 52.0 Å². The topological polar surface area (TPSA) is 125 Å². The lowest BCUT2D eigenvalue weighted by atomic mass is 10.2. The van der Waals surface area contributed by atoms with Gasteiger partial charge in [0.15, 0.2) is 0 Å². The SMILES string of the molecule is CC(C)(C)OC(=O)N(CCCCOCCCCN=[N+]=[N-])CC(=O)O. The minimum Gasteiger partial charge on any atom is -0.480 e. The normalized spacial score (nSPS) is 10.8. The van der Waals surface area contributed by atoms with Gasteiger partial charge in [0, 0.05) is 31.2 Å². The number of nitrogens with zero attached hydrogens (tertiary/aromatic N) is 4. The van der Waals surface area contributed by atoms with E-state index in [0.29, 0.717) is 32.7 Å². The van der Waals surface area contributed by atoms with E-state index in [1.54, 1.807) is 20.8 Å². The first kappa shape index (κ1) is 22.0. The molecule has 0 aromatic carbocycles. The third kappa shape index (κ3) is 13.7. The van der Waals surface area contributed by atoms with Crippen molar-refractivity contribution >= 4 is 12.1 Å². The third-order valence-corrected chi connectivity index (χ3v) is 2.80. The van der Waals surface area contributed by atoms with Gasteiger partial charge in [-0.3, -0.25) is 9.69 Å². The predicted molar refractivity (Wildman–Crippen MR) is 88.7 cm³/mol. The number of amides is 1. The zero-order chi connectivity index (χ0) is 18.4. The van der Waals surface area contributed by atoms with Crippen molar-refractivity contribution in [3.05, 3.63) is 10.4 Å². The number of carboxylic acids is 1. The standard InChI is InChI=1S/C15H28N4O5/c1-15(2,3)24-14(22)19(12-13(20)21)9-5-7-11-23-10-6-4-8-17-18-16/h4-12H2,1-3H3,(H,20,21). The molecule has 24 heavy (non-hydrogen) atoms. The fourth-order valence-corrected chi connectivity index (χ4v) is 1.76. The first-order valence-electron chi connectivity index (χ1n) is 8.04. The Morgan fingerprint density at radius 1 is 1.17 bits per heavy atom. The maximum atomic E-state index is 12.0. The van der Waals surface area contributed by atoms with Gasteiger partial charge in [-0.15, -0.1) is 0 Å². The quantitative estimate of drug-likeness (QED) is 0.252. The van der Waals surface area contributed by atoms with E-state index in [2.05, 4.69) is 10.0 Å². The number of azide groups is 1. The van der Waals surface area contributed by atoms with Crippen LogP contribution in [0.15, 0.2) is 5.11 Å². The van der Waals surface area contributed by atoms with Gasteiger partial charge >= 0.3 is 12.1 Å². The van der Waals surface area contributed by atoms with Gasteiger partial charge in [-0.2, -0.15) is 0 Å². The van der Waals surface area contributed by atoms with Crippen LogP contribution in [0.3, 0.4) is 0 Å². The van der Waals surface area contributed by atoms with Crippen LogP contribution < -0.4 is 0 Å². The van der Waals surface area contributed by atoms with Crippen LogP contribution in [0.1, 0.15) is 46.5 Å². The second-order valence-corrected chi connectivity index (χ2v) is 6.28. The maximum Gasteiger partial charge on any atom is 0.410 e. The van der Waals surface area contributed by atoms with Crippen molar-refractivity contribution in [1.82, 2.24) is 4.90 Å². The zero-order valence-corrected chi connectivity index (χ0v) is 14.7. The Bertz CT molecular complexity index is 430. The lowest BCUT2D eigenvalue weighted by Gasteiger charge is -2.26. The van der Waals surface area contributed by atoms with Crippen LogP contribution in [0.2, 0.25) is 0 Å². The first-order chi connectivity index (χ1) is 11.3. The molecule has 0 fully saturated rings. The smallest absolute Gasteiger partial charge is 0.410 e. The highest BCUT2D eigenvalue weighted by molar-refractivity contribution is 5.76.